The number of rotatable bonds is 3. The van der Waals surface area contributed by atoms with Crippen molar-refractivity contribution in [3.05, 3.63) is 34.1 Å². The van der Waals surface area contributed by atoms with Crippen LogP contribution in [0.1, 0.15) is 18.0 Å². The zero-order valence-corrected chi connectivity index (χ0v) is 11.1. The van der Waals surface area contributed by atoms with Crippen LogP contribution >= 0.6 is 11.3 Å². The van der Waals surface area contributed by atoms with E-state index >= 15 is 0 Å². The predicted octanol–water partition coefficient (Wildman–Crippen LogP) is 3.18. The first-order valence-electron chi connectivity index (χ1n) is 5.41. The molecule has 0 aliphatic rings. The maximum Gasteiger partial charge on any atom is 0.200 e. The molecule has 20 heavy (non-hydrogen) atoms. The van der Waals surface area contributed by atoms with Crippen LogP contribution in [0.2, 0.25) is 0 Å². The van der Waals surface area contributed by atoms with Gasteiger partial charge in [0.25, 0.3) is 0 Å². The lowest BCUT2D eigenvalue weighted by molar-refractivity contribution is 0.381. The van der Waals surface area contributed by atoms with Crippen molar-refractivity contribution in [3.8, 4) is 10.6 Å². The van der Waals surface area contributed by atoms with Gasteiger partial charge < -0.3 is 5.32 Å². The van der Waals surface area contributed by atoms with Gasteiger partial charge in [0.1, 0.15) is 5.01 Å². The van der Waals surface area contributed by atoms with Crippen molar-refractivity contribution in [2.75, 3.05) is 7.05 Å². The third kappa shape index (κ3) is 2.27. The third-order valence-electron chi connectivity index (χ3n) is 2.67. The zero-order valence-electron chi connectivity index (χ0n) is 10.3. The van der Waals surface area contributed by atoms with Gasteiger partial charge in [-0.1, -0.05) is 11.3 Å². The highest BCUT2D eigenvalue weighted by Gasteiger charge is 2.28. The number of nitrogens with one attached hydrogen (secondary N) is 1. The average Bonchev–Trinajstić information content (AvgIpc) is 2.92. The van der Waals surface area contributed by atoms with Gasteiger partial charge in [-0.15, -0.1) is 10.2 Å². The molecule has 108 valence electrons. The molecule has 1 heterocycles. The van der Waals surface area contributed by atoms with Crippen LogP contribution in [0, 0.1) is 29.1 Å². The first-order valence-corrected chi connectivity index (χ1v) is 6.22. The highest BCUT2D eigenvalue weighted by molar-refractivity contribution is 7.14. The van der Waals surface area contributed by atoms with Crippen molar-refractivity contribution < 1.29 is 22.0 Å². The SMILES string of the molecule is CNC(C)c1nnc(-c2c(F)c(F)c(F)c(F)c2F)s1. The molecule has 1 atom stereocenters. The van der Waals surface area contributed by atoms with Crippen molar-refractivity contribution in [2.45, 2.75) is 13.0 Å². The van der Waals surface area contributed by atoms with Crippen LogP contribution in [0.4, 0.5) is 22.0 Å². The summed E-state index contributed by atoms with van der Waals surface area (Å²) in [7, 11) is 1.63. The summed E-state index contributed by atoms with van der Waals surface area (Å²) in [6.45, 7) is 1.71. The second-order valence-electron chi connectivity index (χ2n) is 3.90. The van der Waals surface area contributed by atoms with E-state index < -0.39 is 34.6 Å². The van der Waals surface area contributed by atoms with E-state index in [1.54, 1.807) is 14.0 Å². The third-order valence-corrected chi connectivity index (χ3v) is 3.79. The van der Waals surface area contributed by atoms with E-state index in [1.165, 1.54) is 0 Å². The second-order valence-corrected chi connectivity index (χ2v) is 4.91. The highest BCUT2D eigenvalue weighted by atomic mass is 32.1. The summed E-state index contributed by atoms with van der Waals surface area (Å²) in [5.74, 6) is -10.0. The van der Waals surface area contributed by atoms with Crippen LogP contribution < -0.4 is 5.32 Å². The summed E-state index contributed by atoms with van der Waals surface area (Å²) in [4.78, 5) is 0. The Morgan fingerprint density at radius 2 is 1.40 bits per heavy atom. The van der Waals surface area contributed by atoms with Crippen LogP contribution in [0.5, 0.6) is 0 Å². The highest BCUT2D eigenvalue weighted by Crippen LogP contribution is 2.34. The summed E-state index contributed by atoms with van der Waals surface area (Å²) in [6.07, 6.45) is 0. The minimum absolute atomic E-state index is 0.262. The van der Waals surface area contributed by atoms with Crippen molar-refractivity contribution in [2.24, 2.45) is 0 Å². The second kappa shape index (κ2) is 5.41. The van der Waals surface area contributed by atoms with Crippen molar-refractivity contribution in [1.82, 2.24) is 15.5 Å². The maximum absolute atomic E-state index is 13.6. The fourth-order valence-electron chi connectivity index (χ4n) is 1.43. The monoisotopic (exact) mass is 309 g/mol. The van der Waals surface area contributed by atoms with Crippen LogP contribution in [-0.2, 0) is 0 Å². The Hall–Kier alpha value is -1.61. The van der Waals surface area contributed by atoms with E-state index in [4.69, 9.17) is 0 Å². The number of hydrogen-bond donors (Lipinski definition) is 1. The molecule has 0 radical (unpaired) electrons. The number of benzene rings is 1. The van der Waals surface area contributed by atoms with Crippen LogP contribution in [-0.4, -0.2) is 17.2 Å². The number of hydrogen-bond acceptors (Lipinski definition) is 4. The minimum Gasteiger partial charge on any atom is -0.311 e. The predicted molar refractivity (Wildman–Crippen MR) is 62.6 cm³/mol. The van der Waals surface area contributed by atoms with E-state index in [0.29, 0.717) is 5.01 Å². The lowest BCUT2D eigenvalue weighted by Gasteiger charge is -2.05. The molecule has 0 saturated heterocycles. The zero-order chi connectivity index (χ0) is 15.0. The molecular formula is C11H8F5N3S. The van der Waals surface area contributed by atoms with Gasteiger partial charge in [-0.25, -0.2) is 22.0 Å². The minimum atomic E-state index is -2.20. The van der Waals surface area contributed by atoms with E-state index in [9.17, 15) is 22.0 Å². The fraction of sp³-hybridized carbons (Fsp3) is 0.273. The molecule has 0 bridgehead atoms. The molecule has 0 saturated carbocycles. The molecule has 2 aromatic rings. The Kier molecular flexibility index (Phi) is 4.00. The topological polar surface area (TPSA) is 37.8 Å². The van der Waals surface area contributed by atoms with Gasteiger partial charge in [-0.2, -0.15) is 0 Å². The van der Waals surface area contributed by atoms with E-state index in [1.807, 2.05) is 0 Å². The van der Waals surface area contributed by atoms with Crippen LogP contribution in [0.25, 0.3) is 10.6 Å². The molecule has 0 amide bonds. The van der Waals surface area contributed by atoms with E-state index in [0.717, 1.165) is 11.3 Å². The first-order chi connectivity index (χ1) is 9.38. The fourth-order valence-corrected chi connectivity index (χ4v) is 2.36. The summed E-state index contributed by atoms with van der Waals surface area (Å²) in [5, 5.41) is 9.96. The normalized spacial score (nSPS) is 12.8. The summed E-state index contributed by atoms with van der Waals surface area (Å²) in [5.41, 5.74) is -1.06. The molecular weight excluding hydrogens is 301 g/mol. The molecule has 1 aromatic heterocycles. The molecule has 0 fully saturated rings. The molecule has 1 aromatic carbocycles. The Bertz CT molecular complexity index is 629. The van der Waals surface area contributed by atoms with Crippen LogP contribution in [0.15, 0.2) is 0 Å². The maximum atomic E-state index is 13.6. The van der Waals surface area contributed by atoms with E-state index in [2.05, 4.69) is 15.5 Å². The van der Waals surface area contributed by atoms with Gasteiger partial charge in [0.05, 0.1) is 11.6 Å². The molecule has 2 rings (SSSR count). The van der Waals surface area contributed by atoms with Gasteiger partial charge in [-0.3, -0.25) is 0 Å². The quantitative estimate of drug-likeness (QED) is 0.537. The average molecular weight is 309 g/mol. The van der Waals surface area contributed by atoms with Gasteiger partial charge in [-0.05, 0) is 14.0 Å². The van der Waals surface area contributed by atoms with Gasteiger partial charge in [0.2, 0.25) is 5.82 Å². The Morgan fingerprint density at radius 3 is 1.90 bits per heavy atom. The summed E-state index contributed by atoms with van der Waals surface area (Å²) < 4.78 is 66.3. The molecule has 0 aliphatic carbocycles. The lowest BCUT2D eigenvalue weighted by atomic mass is 10.2. The van der Waals surface area contributed by atoms with Gasteiger partial charge in [0, 0.05) is 0 Å². The van der Waals surface area contributed by atoms with Crippen LogP contribution in [0.3, 0.4) is 0 Å². The lowest BCUT2D eigenvalue weighted by Crippen LogP contribution is -2.11. The number of aromatic nitrogens is 2. The number of nitrogens with zero attached hydrogens (tertiary/aromatic N) is 2. The molecule has 1 unspecified atom stereocenters. The molecule has 0 aliphatic heterocycles. The van der Waals surface area contributed by atoms with E-state index in [-0.39, 0.29) is 11.0 Å². The van der Waals surface area contributed by atoms with Gasteiger partial charge in [0.15, 0.2) is 28.3 Å². The smallest absolute Gasteiger partial charge is 0.200 e. The van der Waals surface area contributed by atoms with Crippen molar-refractivity contribution in [1.29, 1.82) is 0 Å². The Balaban J connectivity index is 2.61. The Morgan fingerprint density at radius 1 is 0.900 bits per heavy atom. The molecule has 3 nitrogen and oxygen atoms in total. The first kappa shape index (κ1) is 14.8. The molecule has 1 N–H and O–H groups in total. The molecule has 9 heteroatoms. The standard InChI is InChI=1S/C11H8F5N3S/c1-3(17-2)10-18-19-11(20-10)4-5(12)7(14)9(16)8(15)6(4)13/h3,17H,1-2H3. The summed E-state index contributed by atoms with van der Waals surface area (Å²) >= 11 is 0.750. The largest absolute Gasteiger partial charge is 0.311 e. The van der Waals surface area contributed by atoms with Gasteiger partial charge >= 0.3 is 0 Å². The van der Waals surface area contributed by atoms with Crippen molar-refractivity contribution in [3.63, 3.8) is 0 Å². The van der Waals surface area contributed by atoms with Crippen molar-refractivity contribution >= 4 is 11.3 Å². The number of halogens is 5. The molecule has 0 spiro atoms. The Labute approximate surface area is 114 Å². The summed E-state index contributed by atoms with van der Waals surface area (Å²) in [6, 6.07) is -0.262.